The van der Waals surface area contributed by atoms with Gasteiger partial charge in [-0.05, 0) is 200 Å². The highest BCUT2D eigenvalue weighted by Crippen LogP contribution is 2.46. The van der Waals surface area contributed by atoms with Gasteiger partial charge in [-0.2, -0.15) is 0 Å². The highest BCUT2D eigenvalue weighted by molar-refractivity contribution is 6.21. The molecule has 0 spiro atoms. The third-order valence-corrected chi connectivity index (χ3v) is 17.5. The lowest BCUT2D eigenvalue weighted by molar-refractivity contribution is 0.633. The Hall–Kier alpha value is -11.1. The van der Waals surface area contributed by atoms with Crippen molar-refractivity contribution in [2.24, 2.45) is 0 Å². The van der Waals surface area contributed by atoms with Gasteiger partial charge in [-0.15, -0.1) is 0 Å². The van der Waals surface area contributed by atoms with E-state index in [2.05, 4.69) is 256 Å². The lowest BCUT2D eigenvalue weighted by Crippen LogP contribution is -1.88. The van der Waals surface area contributed by atoms with Crippen molar-refractivity contribution in [1.29, 1.82) is 0 Å². The summed E-state index contributed by atoms with van der Waals surface area (Å²) in [6, 6.07) is 92.9. The molecule has 0 N–H and O–H groups in total. The van der Waals surface area contributed by atoms with E-state index in [1.165, 1.54) is 22.3 Å². The lowest BCUT2D eigenvalue weighted by Gasteiger charge is -2.13. The maximum atomic E-state index is 6.74. The van der Waals surface area contributed by atoms with E-state index in [9.17, 15) is 0 Å². The quantitative estimate of drug-likeness (QED) is 0.159. The Balaban J connectivity index is 0.776. The minimum absolute atomic E-state index is 0.744. The maximum absolute atomic E-state index is 6.74. The maximum Gasteiger partial charge on any atom is 0.178 e. The molecule has 5 aromatic heterocycles. The molecule has 0 radical (unpaired) electrons. The third kappa shape index (κ3) is 7.22. The van der Waals surface area contributed by atoms with Gasteiger partial charge in [0.1, 0.15) is 33.5 Å². The normalized spacial score (nSPS) is 12.1. The van der Waals surface area contributed by atoms with Crippen LogP contribution in [0.2, 0.25) is 0 Å². The van der Waals surface area contributed by atoms with Crippen molar-refractivity contribution in [3.63, 3.8) is 0 Å². The summed E-state index contributed by atoms with van der Waals surface area (Å²) in [7, 11) is 0. The summed E-state index contributed by atoms with van der Waals surface area (Å²) >= 11 is 0. The Bertz CT molecular complexity index is 5480. The van der Waals surface area contributed by atoms with Crippen LogP contribution in [-0.2, 0) is 0 Å². The van der Waals surface area contributed by atoms with Crippen LogP contribution < -0.4 is 0 Å². The zero-order valence-electron chi connectivity index (χ0n) is 45.4. The van der Waals surface area contributed by atoms with Gasteiger partial charge < -0.3 is 22.1 Å². The molecule has 0 aliphatic rings. The van der Waals surface area contributed by atoms with Gasteiger partial charge in [0.2, 0.25) is 0 Å². The zero-order chi connectivity index (χ0) is 55.1. The smallest absolute Gasteiger partial charge is 0.178 e. The molecule has 0 saturated carbocycles. The topological polar surface area (TPSA) is 65.7 Å². The fraction of sp³-hybridized carbons (Fsp3) is 0.0127. The van der Waals surface area contributed by atoms with E-state index in [1.807, 2.05) is 12.1 Å². The van der Waals surface area contributed by atoms with Crippen LogP contribution in [0.3, 0.4) is 0 Å². The molecule has 0 saturated heterocycles. The van der Waals surface area contributed by atoms with Gasteiger partial charge in [0.25, 0.3) is 0 Å². The summed E-state index contributed by atoms with van der Waals surface area (Å²) < 4.78 is 33.4. The third-order valence-electron chi connectivity index (χ3n) is 17.5. The molecule has 18 aromatic rings. The predicted molar refractivity (Wildman–Crippen MR) is 346 cm³/mol. The number of hydrogen-bond acceptors (Lipinski definition) is 5. The second-order valence-corrected chi connectivity index (χ2v) is 22.3. The molecule has 13 aromatic carbocycles. The summed E-state index contributed by atoms with van der Waals surface area (Å²) in [5.74, 6) is 0. The molecular formula is C79H46O5. The monoisotopic (exact) mass is 1070 g/mol. The van der Waals surface area contributed by atoms with E-state index < -0.39 is 0 Å². The van der Waals surface area contributed by atoms with Gasteiger partial charge in [-0.1, -0.05) is 146 Å². The van der Waals surface area contributed by atoms with Crippen LogP contribution in [0.1, 0.15) is 5.56 Å². The van der Waals surface area contributed by atoms with E-state index in [0.717, 1.165) is 171 Å². The van der Waals surface area contributed by atoms with Crippen LogP contribution in [-0.4, -0.2) is 0 Å². The number of aryl methyl sites for hydroxylation is 1. The van der Waals surface area contributed by atoms with Gasteiger partial charge in [-0.3, -0.25) is 0 Å². The first-order valence-corrected chi connectivity index (χ1v) is 28.5. The van der Waals surface area contributed by atoms with Crippen LogP contribution in [0.5, 0.6) is 0 Å². The summed E-state index contributed by atoms with van der Waals surface area (Å²) in [5.41, 5.74) is 24.8. The standard InChI is InChI=1S/C79H46O5/c1-45-59(25-26-60-65-40-50(46-12-5-2-6-13-46)20-31-70(65)80-75(45)60)55-19-11-18-49(36-55)56-37-57(53-23-34-73-68(43-53)63-29-27-61-66-41-51(47-14-7-3-8-15-47)21-32-71(66)81-76(61)78(63)83-73)39-58(38-56)54-24-35-74-69(44-54)64-30-28-62-67-42-52(48-16-9-4-10-17-48)22-33-72(67)82-77(62)79(64)84-74/h2-44H,1H3. The van der Waals surface area contributed by atoms with E-state index in [-0.39, 0.29) is 0 Å². The van der Waals surface area contributed by atoms with Crippen molar-refractivity contribution in [1.82, 2.24) is 0 Å². The van der Waals surface area contributed by atoms with Crippen molar-refractivity contribution in [3.8, 4) is 77.9 Å². The number of fused-ring (bicyclic) bond motifs is 17. The molecule has 0 amide bonds. The lowest BCUT2D eigenvalue weighted by atomic mass is 9.90. The van der Waals surface area contributed by atoms with Gasteiger partial charge in [0, 0.05) is 59.4 Å². The average molecular weight is 1080 g/mol. The van der Waals surface area contributed by atoms with E-state index in [4.69, 9.17) is 22.1 Å². The molecule has 18 rings (SSSR count). The molecule has 0 atom stereocenters. The Morgan fingerprint density at radius 3 is 0.798 bits per heavy atom. The van der Waals surface area contributed by atoms with Gasteiger partial charge in [0.05, 0.1) is 0 Å². The van der Waals surface area contributed by atoms with Crippen molar-refractivity contribution in [2.75, 3.05) is 0 Å². The van der Waals surface area contributed by atoms with Crippen molar-refractivity contribution in [3.05, 3.63) is 266 Å². The summed E-state index contributed by atoms with van der Waals surface area (Å²) in [4.78, 5) is 0. The molecule has 0 fully saturated rings. The van der Waals surface area contributed by atoms with Gasteiger partial charge in [-0.25, -0.2) is 0 Å². The first-order valence-electron chi connectivity index (χ1n) is 28.5. The summed E-state index contributed by atoms with van der Waals surface area (Å²) in [6.07, 6.45) is 0. The zero-order valence-corrected chi connectivity index (χ0v) is 45.4. The molecule has 0 aliphatic heterocycles. The van der Waals surface area contributed by atoms with Crippen LogP contribution in [0.4, 0.5) is 0 Å². The Morgan fingerprint density at radius 2 is 0.440 bits per heavy atom. The average Bonchev–Trinajstić information content (AvgIpc) is 3.74. The first kappa shape index (κ1) is 46.6. The molecule has 0 aliphatic carbocycles. The van der Waals surface area contributed by atoms with Crippen molar-refractivity contribution >= 4 is 110 Å². The van der Waals surface area contributed by atoms with Gasteiger partial charge >= 0.3 is 0 Å². The highest BCUT2D eigenvalue weighted by atomic mass is 16.4. The van der Waals surface area contributed by atoms with Gasteiger partial charge in [0.15, 0.2) is 22.3 Å². The van der Waals surface area contributed by atoms with Crippen LogP contribution in [0, 0.1) is 6.92 Å². The predicted octanol–water partition coefficient (Wildman–Crippen LogP) is 23.2. The molecule has 84 heavy (non-hydrogen) atoms. The van der Waals surface area contributed by atoms with Crippen LogP contribution in [0.15, 0.2) is 283 Å². The second-order valence-electron chi connectivity index (χ2n) is 22.3. The Labute approximate surface area is 480 Å². The first-order chi connectivity index (χ1) is 41.5. The SMILES string of the molecule is Cc1c(-c2cccc(-c3cc(-c4ccc5oc6c(ccc7c8cc(-c9ccccc9)ccc8oc76)c5c4)cc(-c4ccc5oc6c(ccc7c8cc(-c9ccccc9)ccc8oc76)c5c4)c3)c2)ccc2c1oc1ccc(-c3ccccc3)cc12. The number of furan rings is 5. The molecule has 5 nitrogen and oxygen atoms in total. The molecule has 392 valence electrons. The minimum atomic E-state index is 0.744. The molecular weight excluding hydrogens is 1030 g/mol. The number of hydrogen-bond donors (Lipinski definition) is 0. The van der Waals surface area contributed by atoms with Crippen molar-refractivity contribution < 1.29 is 22.1 Å². The molecule has 0 unspecified atom stereocenters. The molecule has 5 heterocycles. The minimum Gasteiger partial charge on any atom is -0.456 e. The molecule has 5 heteroatoms. The summed E-state index contributed by atoms with van der Waals surface area (Å²) in [5, 5.41) is 10.5. The van der Waals surface area contributed by atoms with E-state index in [1.54, 1.807) is 0 Å². The fourth-order valence-corrected chi connectivity index (χ4v) is 13.2. The number of benzene rings is 13. The Morgan fingerprint density at radius 1 is 0.179 bits per heavy atom. The van der Waals surface area contributed by atoms with E-state index in [0.29, 0.717) is 0 Å². The highest BCUT2D eigenvalue weighted by Gasteiger charge is 2.22. The largest absolute Gasteiger partial charge is 0.456 e. The van der Waals surface area contributed by atoms with E-state index >= 15 is 0 Å². The van der Waals surface area contributed by atoms with Crippen LogP contribution >= 0.6 is 0 Å². The van der Waals surface area contributed by atoms with Crippen LogP contribution in [0.25, 0.3) is 188 Å². The fourth-order valence-electron chi connectivity index (χ4n) is 13.2. The Kier molecular flexibility index (Phi) is 9.95. The number of rotatable bonds is 7. The molecule has 0 bridgehead atoms. The second kappa shape index (κ2) is 17.9. The van der Waals surface area contributed by atoms with Crippen molar-refractivity contribution in [2.45, 2.75) is 6.92 Å². The summed E-state index contributed by atoms with van der Waals surface area (Å²) in [6.45, 7) is 2.18.